The summed E-state index contributed by atoms with van der Waals surface area (Å²) in [5.41, 5.74) is 2.39. The summed E-state index contributed by atoms with van der Waals surface area (Å²) < 4.78 is 13.1. The van der Waals surface area contributed by atoms with Crippen molar-refractivity contribution in [1.29, 1.82) is 0 Å². The van der Waals surface area contributed by atoms with Crippen LogP contribution in [0.4, 0.5) is 5.69 Å². The first-order chi connectivity index (χ1) is 17.9. The summed E-state index contributed by atoms with van der Waals surface area (Å²) in [4.78, 5) is 45.2. The number of amides is 2. The highest BCUT2D eigenvalue weighted by molar-refractivity contribution is 6.04. The highest BCUT2D eigenvalue weighted by Gasteiger charge is 2.28. The van der Waals surface area contributed by atoms with Gasteiger partial charge in [-0.15, -0.1) is 0 Å². The number of hydrogen-bond donors (Lipinski definition) is 1. The van der Waals surface area contributed by atoms with Gasteiger partial charge in [-0.3, -0.25) is 19.0 Å². The second kappa shape index (κ2) is 11.5. The van der Waals surface area contributed by atoms with Gasteiger partial charge in [-0.1, -0.05) is 18.6 Å². The third kappa shape index (κ3) is 5.60. The predicted octanol–water partition coefficient (Wildman–Crippen LogP) is 4.33. The molecule has 4 rings (SSSR count). The Balaban J connectivity index is 1.58. The van der Waals surface area contributed by atoms with E-state index in [1.165, 1.54) is 0 Å². The summed E-state index contributed by atoms with van der Waals surface area (Å²) in [6.45, 7) is 9.21. The second-order valence-corrected chi connectivity index (χ2v) is 9.11. The van der Waals surface area contributed by atoms with Crippen LogP contribution in [0.25, 0.3) is 10.9 Å². The molecule has 1 aromatic heterocycles. The average molecular weight is 507 g/mol. The van der Waals surface area contributed by atoms with Crippen LogP contribution < -0.4 is 20.3 Å². The number of fused-ring (bicyclic) bond motifs is 1. The van der Waals surface area contributed by atoms with E-state index in [-0.39, 0.29) is 29.8 Å². The van der Waals surface area contributed by atoms with Gasteiger partial charge in [0.15, 0.2) is 11.5 Å². The van der Waals surface area contributed by atoms with Crippen LogP contribution in [0.2, 0.25) is 0 Å². The molecular formula is C28H34N4O5. The third-order valence-corrected chi connectivity index (χ3v) is 6.59. The summed E-state index contributed by atoms with van der Waals surface area (Å²) >= 11 is 0. The molecule has 196 valence electrons. The van der Waals surface area contributed by atoms with Gasteiger partial charge in [-0.05, 0) is 51.8 Å². The minimum absolute atomic E-state index is 0.0486. The zero-order chi connectivity index (χ0) is 26.5. The molecule has 2 amide bonds. The molecule has 0 saturated carbocycles. The Morgan fingerprint density at radius 1 is 1.03 bits per heavy atom. The maximum Gasteiger partial charge on any atom is 0.261 e. The molecule has 0 unspecified atom stereocenters. The number of piperidine rings is 1. The molecule has 0 spiro atoms. The minimum Gasteiger partial charge on any atom is -0.490 e. The summed E-state index contributed by atoms with van der Waals surface area (Å²) in [5, 5.41) is 3.44. The molecule has 9 heteroatoms. The fraction of sp³-hybridized carbons (Fsp3) is 0.429. The average Bonchev–Trinajstić information content (AvgIpc) is 2.90. The highest BCUT2D eigenvalue weighted by Crippen LogP contribution is 2.35. The van der Waals surface area contributed by atoms with Crippen molar-refractivity contribution in [1.82, 2.24) is 14.5 Å². The molecular weight excluding hydrogens is 472 g/mol. The number of likely N-dealkylation sites (tertiary alicyclic amines) is 1. The fourth-order valence-electron chi connectivity index (χ4n) is 4.64. The van der Waals surface area contributed by atoms with E-state index in [4.69, 9.17) is 9.47 Å². The number of carbonyl (C=O) groups is 2. The van der Waals surface area contributed by atoms with Crippen LogP contribution in [0.3, 0.4) is 0 Å². The number of nitrogens with zero attached hydrogens (tertiary/aromatic N) is 3. The lowest BCUT2D eigenvalue weighted by Crippen LogP contribution is -2.41. The number of ether oxygens (including phenoxy) is 2. The zero-order valence-electron chi connectivity index (χ0n) is 21.9. The molecule has 1 fully saturated rings. The molecule has 0 aliphatic carbocycles. The van der Waals surface area contributed by atoms with Gasteiger partial charge in [0.05, 0.1) is 41.7 Å². The Morgan fingerprint density at radius 3 is 2.35 bits per heavy atom. The van der Waals surface area contributed by atoms with Crippen LogP contribution >= 0.6 is 0 Å². The Bertz CT molecular complexity index is 1360. The quantitative estimate of drug-likeness (QED) is 0.488. The van der Waals surface area contributed by atoms with Crippen LogP contribution in [0.1, 0.15) is 62.0 Å². The number of carbonyl (C=O) groups excluding carboxylic acids is 2. The van der Waals surface area contributed by atoms with E-state index in [1.807, 2.05) is 39.0 Å². The molecule has 2 aromatic carbocycles. The summed E-state index contributed by atoms with van der Waals surface area (Å²) in [6.07, 6.45) is 3.14. The lowest BCUT2D eigenvalue weighted by Gasteiger charge is -2.33. The molecule has 0 atom stereocenters. The second-order valence-electron chi connectivity index (χ2n) is 9.11. The molecule has 0 bridgehead atoms. The van der Waals surface area contributed by atoms with Gasteiger partial charge in [0.25, 0.3) is 11.5 Å². The molecule has 0 radical (unpaired) electrons. The SMILES string of the molecule is CCOc1cc(NC(=O)CC)c(C(=O)N2CCC(n3cnc4ccc(C)cc4c3=O)CC2)cc1OCC. The first-order valence-corrected chi connectivity index (χ1v) is 12.9. The number of rotatable bonds is 8. The van der Waals surface area contributed by atoms with Crippen LogP contribution in [0, 0.1) is 6.92 Å². The van der Waals surface area contributed by atoms with E-state index in [0.717, 1.165) is 5.56 Å². The number of benzene rings is 2. The number of nitrogens with one attached hydrogen (secondary N) is 1. The molecule has 1 N–H and O–H groups in total. The Labute approximate surface area is 216 Å². The Morgan fingerprint density at radius 2 is 1.70 bits per heavy atom. The van der Waals surface area contributed by atoms with Gasteiger partial charge in [0.2, 0.25) is 5.91 Å². The molecule has 9 nitrogen and oxygen atoms in total. The molecule has 37 heavy (non-hydrogen) atoms. The first kappa shape index (κ1) is 26.2. The topological polar surface area (TPSA) is 103 Å². The monoisotopic (exact) mass is 506 g/mol. The molecule has 1 aliphatic rings. The van der Waals surface area contributed by atoms with Crippen molar-refractivity contribution in [3.63, 3.8) is 0 Å². The Hall–Kier alpha value is -3.88. The summed E-state index contributed by atoms with van der Waals surface area (Å²) in [5.74, 6) is 0.539. The van der Waals surface area contributed by atoms with Gasteiger partial charge in [-0.25, -0.2) is 4.98 Å². The van der Waals surface area contributed by atoms with Gasteiger partial charge in [0.1, 0.15) is 0 Å². The number of anilines is 1. The van der Waals surface area contributed by atoms with Crippen molar-refractivity contribution in [2.24, 2.45) is 0 Å². The normalized spacial score (nSPS) is 14.0. The lowest BCUT2D eigenvalue weighted by molar-refractivity contribution is -0.115. The van der Waals surface area contributed by atoms with E-state index in [1.54, 1.807) is 34.9 Å². The van der Waals surface area contributed by atoms with Crippen molar-refractivity contribution in [3.05, 3.63) is 58.1 Å². The van der Waals surface area contributed by atoms with E-state index in [9.17, 15) is 14.4 Å². The Kier molecular flexibility index (Phi) is 8.11. The zero-order valence-corrected chi connectivity index (χ0v) is 21.9. The molecule has 3 aromatic rings. The van der Waals surface area contributed by atoms with Gasteiger partial charge < -0.3 is 19.7 Å². The largest absolute Gasteiger partial charge is 0.490 e. The molecule has 2 heterocycles. The summed E-state index contributed by atoms with van der Waals surface area (Å²) in [6, 6.07) is 8.93. The van der Waals surface area contributed by atoms with E-state index < -0.39 is 0 Å². The van der Waals surface area contributed by atoms with Crippen molar-refractivity contribution >= 4 is 28.4 Å². The van der Waals surface area contributed by atoms with Gasteiger partial charge in [0, 0.05) is 31.6 Å². The lowest BCUT2D eigenvalue weighted by atomic mass is 10.0. The highest BCUT2D eigenvalue weighted by atomic mass is 16.5. The van der Waals surface area contributed by atoms with Crippen molar-refractivity contribution in [2.75, 3.05) is 31.6 Å². The van der Waals surface area contributed by atoms with Crippen LogP contribution in [0.15, 0.2) is 41.5 Å². The van der Waals surface area contributed by atoms with Crippen molar-refractivity contribution in [2.45, 2.75) is 53.0 Å². The van der Waals surface area contributed by atoms with Crippen LogP contribution in [-0.2, 0) is 4.79 Å². The minimum atomic E-state index is -0.200. The number of aromatic nitrogens is 2. The van der Waals surface area contributed by atoms with Gasteiger partial charge >= 0.3 is 0 Å². The van der Waals surface area contributed by atoms with E-state index in [2.05, 4.69) is 10.3 Å². The standard InChI is InChI=1S/C28H34N4O5/c1-5-26(33)30-23-16-25(37-7-3)24(36-6-2)15-21(23)27(34)31-12-10-19(11-13-31)32-17-29-22-9-8-18(4)14-20(22)28(32)35/h8-9,14-17,19H,5-7,10-13H2,1-4H3,(H,30,33). The maximum atomic E-state index is 13.6. The summed E-state index contributed by atoms with van der Waals surface area (Å²) in [7, 11) is 0. The van der Waals surface area contributed by atoms with Crippen LogP contribution in [0.5, 0.6) is 11.5 Å². The first-order valence-electron chi connectivity index (χ1n) is 12.9. The third-order valence-electron chi connectivity index (χ3n) is 6.59. The fourth-order valence-corrected chi connectivity index (χ4v) is 4.64. The van der Waals surface area contributed by atoms with Crippen molar-refractivity contribution in [3.8, 4) is 11.5 Å². The van der Waals surface area contributed by atoms with E-state index in [0.29, 0.717) is 72.8 Å². The van der Waals surface area contributed by atoms with Crippen molar-refractivity contribution < 1.29 is 19.1 Å². The maximum absolute atomic E-state index is 13.6. The number of aryl methyl sites for hydroxylation is 1. The van der Waals surface area contributed by atoms with E-state index >= 15 is 0 Å². The predicted molar refractivity (Wildman–Crippen MR) is 143 cm³/mol. The number of hydrogen-bond acceptors (Lipinski definition) is 6. The van der Waals surface area contributed by atoms with Gasteiger partial charge in [-0.2, -0.15) is 0 Å². The molecule has 1 aliphatic heterocycles. The smallest absolute Gasteiger partial charge is 0.261 e. The molecule has 1 saturated heterocycles. The van der Waals surface area contributed by atoms with Crippen LogP contribution in [-0.4, -0.2) is 52.6 Å².